The second kappa shape index (κ2) is 6.95. The van der Waals surface area contributed by atoms with E-state index in [4.69, 9.17) is 9.47 Å². The van der Waals surface area contributed by atoms with Gasteiger partial charge >= 0.3 is 0 Å². The first-order valence-corrected chi connectivity index (χ1v) is 6.48. The maximum Gasteiger partial charge on any atom is 0.106 e. The largest absolute Gasteiger partial charge is 0.379 e. The first kappa shape index (κ1) is 14.4. The van der Waals surface area contributed by atoms with Crippen LogP contribution in [0.3, 0.4) is 0 Å². The summed E-state index contributed by atoms with van der Waals surface area (Å²) in [4.78, 5) is 0. The van der Waals surface area contributed by atoms with Crippen molar-refractivity contribution in [3.63, 3.8) is 0 Å². The molecule has 1 fully saturated rings. The third-order valence-corrected chi connectivity index (χ3v) is 2.91. The minimum absolute atomic E-state index is 0.0961. The molecule has 4 heteroatoms. The van der Waals surface area contributed by atoms with Crippen LogP contribution in [0.4, 0.5) is 0 Å². The normalized spacial score (nSPS) is 20.6. The summed E-state index contributed by atoms with van der Waals surface area (Å²) in [6.07, 6.45) is 3.20. The van der Waals surface area contributed by atoms with Crippen LogP contribution in [0.25, 0.3) is 0 Å². The van der Waals surface area contributed by atoms with Crippen LogP contribution in [0.2, 0.25) is 0 Å². The number of nitrogens with zero attached hydrogens (tertiary/aromatic N) is 1. The summed E-state index contributed by atoms with van der Waals surface area (Å²) in [5.41, 5.74) is -0.452. The summed E-state index contributed by atoms with van der Waals surface area (Å²) >= 11 is 0. The molecule has 0 bridgehead atoms. The molecule has 2 unspecified atom stereocenters. The SMILES string of the molecule is CCOCC(C)OCCC(C)(C#N)NC1CC1. The van der Waals surface area contributed by atoms with Crippen LogP contribution in [-0.2, 0) is 9.47 Å². The van der Waals surface area contributed by atoms with E-state index >= 15 is 0 Å². The molecular formula is C13H24N2O2. The standard InChI is InChI=1S/C13H24N2O2/c1-4-16-9-11(2)17-8-7-13(3,10-14)15-12-5-6-12/h11-12,15H,4-9H2,1-3H3. The van der Waals surface area contributed by atoms with E-state index in [1.54, 1.807) is 0 Å². The third kappa shape index (κ3) is 6.02. The lowest BCUT2D eigenvalue weighted by Gasteiger charge is -2.24. The maximum absolute atomic E-state index is 9.18. The van der Waals surface area contributed by atoms with Crippen molar-refractivity contribution >= 4 is 0 Å². The average molecular weight is 240 g/mol. The highest BCUT2D eigenvalue weighted by Crippen LogP contribution is 2.23. The number of rotatable bonds is 9. The van der Waals surface area contributed by atoms with Gasteiger partial charge in [-0.1, -0.05) is 0 Å². The molecular weight excluding hydrogens is 216 g/mol. The second-order valence-corrected chi connectivity index (χ2v) is 4.95. The van der Waals surface area contributed by atoms with Crippen molar-refractivity contribution in [2.24, 2.45) is 0 Å². The van der Waals surface area contributed by atoms with Gasteiger partial charge in [-0.05, 0) is 33.6 Å². The van der Waals surface area contributed by atoms with Gasteiger partial charge in [0.15, 0.2) is 0 Å². The highest BCUT2D eigenvalue weighted by atomic mass is 16.5. The first-order chi connectivity index (χ1) is 8.09. The number of nitrogens with one attached hydrogen (secondary N) is 1. The summed E-state index contributed by atoms with van der Waals surface area (Å²) in [5, 5.41) is 12.5. The number of hydrogen-bond acceptors (Lipinski definition) is 4. The van der Waals surface area contributed by atoms with Crippen LogP contribution >= 0.6 is 0 Å². The van der Waals surface area contributed by atoms with E-state index in [2.05, 4.69) is 11.4 Å². The molecule has 1 N–H and O–H groups in total. The first-order valence-electron chi connectivity index (χ1n) is 6.48. The Bertz CT molecular complexity index is 261. The van der Waals surface area contributed by atoms with Gasteiger partial charge in [-0.25, -0.2) is 0 Å². The van der Waals surface area contributed by atoms with Crippen LogP contribution < -0.4 is 5.32 Å². The minimum Gasteiger partial charge on any atom is -0.379 e. The van der Waals surface area contributed by atoms with E-state index in [-0.39, 0.29) is 6.10 Å². The Morgan fingerprint density at radius 1 is 1.53 bits per heavy atom. The molecule has 0 radical (unpaired) electrons. The highest BCUT2D eigenvalue weighted by molar-refractivity contribution is 5.06. The van der Waals surface area contributed by atoms with Crippen molar-refractivity contribution in [2.75, 3.05) is 19.8 Å². The molecule has 0 spiro atoms. The van der Waals surface area contributed by atoms with Crippen LogP contribution in [0, 0.1) is 11.3 Å². The van der Waals surface area contributed by atoms with Crippen LogP contribution in [0.15, 0.2) is 0 Å². The summed E-state index contributed by atoms with van der Waals surface area (Å²) in [6, 6.07) is 2.89. The fraction of sp³-hybridized carbons (Fsp3) is 0.923. The van der Waals surface area contributed by atoms with Crippen LogP contribution in [0.1, 0.15) is 40.0 Å². The molecule has 1 rings (SSSR count). The summed E-state index contributed by atoms with van der Waals surface area (Å²) in [5.74, 6) is 0. The molecule has 0 aromatic heterocycles. The van der Waals surface area contributed by atoms with E-state index in [9.17, 15) is 5.26 Å². The van der Waals surface area contributed by atoms with Gasteiger partial charge in [0.25, 0.3) is 0 Å². The number of nitriles is 1. The smallest absolute Gasteiger partial charge is 0.106 e. The zero-order valence-corrected chi connectivity index (χ0v) is 11.2. The van der Waals surface area contributed by atoms with Gasteiger partial charge in [0.1, 0.15) is 5.54 Å². The molecule has 0 aromatic rings. The Balaban J connectivity index is 2.16. The van der Waals surface area contributed by atoms with E-state index in [0.29, 0.717) is 25.9 Å². The zero-order valence-electron chi connectivity index (χ0n) is 11.2. The van der Waals surface area contributed by atoms with E-state index in [1.165, 1.54) is 12.8 Å². The Morgan fingerprint density at radius 2 is 2.24 bits per heavy atom. The van der Waals surface area contributed by atoms with Crippen molar-refractivity contribution in [1.82, 2.24) is 5.32 Å². The van der Waals surface area contributed by atoms with E-state index < -0.39 is 5.54 Å². The van der Waals surface area contributed by atoms with Crippen molar-refractivity contribution < 1.29 is 9.47 Å². The van der Waals surface area contributed by atoms with Gasteiger partial charge in [0.05, 0.1) is 18.8 Å². The lowest BCUT2D eigenvalue weighted by atomic mass is 10.0. The van der Waals surface area contributed by atoms with E-state index in [1.807, 2.05) is 20.8 Å². The van der Waals surface area contributed by atoms with Crippen molar-refractivity contribution in [2.45, 2.75) is 57.7 Å². The zero-order chi connectivity index (χ0) is 12.7. The molecule has 0 aromatic carbocycles. The van der Waals surface area contributed by atoms with Crippen LogP contribution in [0.5, 0.6) is 0 Å². The molecule has 1 aliphatic rings. The average Bonchev–Trinajstić information content (AvgIpc) is 3.10. The van der Waals surface area contributed by atoms with E-state index in [0.717, 1.165) is 6.42 Å². The lowest BCUT2D eigenvalue weighted by Crippen LogP contribution is -2.43. The fourth-order valence-electron chi connectivity index (χ4n) is 1.63. The second-order valence-electron chi connectivity index (χ2n) is 4.95. The predicted octanol–water partition coefficient (Wildman–Crippen LogP) is 1.85. The Morgan fingerprint density at radius 3 is 2.76 bits per heavy atom. The summed E-state index contributed by atoms with van der Waals surface area (Å²) < 4.78 is 10.9. The topological polar surface area (TPSA) is 54.3 Å². The Kier molecular flexibility index (Phi) is 5.90. The molecule has 17 heavy (non-hydrogen) atoms. The lowest BCUT2D eigenvalue weighted by molar-refractivity contribution is -0.00800. The molecule has 4 nitrogen and oxygen atoms in total. The fourth-order valence-corrected chi connectivity index (χ4v) is 1.63. The maximum atomic E-state index is 9.18. The molecule has 0 amide bonds. The highest BCUT2D eigenvalue weighted by Gasteiger charge is 2.32. The van der Waals surface area contributed by atoms with Crippen molar-refractivity contribution in [3.05, 3.63) is 0 Å². The third-order valence-electron chi connectivity index (χ3n) is 2.91. The number of hydrogen-bond donors (Lipinski definition) is 1. The number of ether oxygens (including phenoxy) is 2. The monoisotopic (exact) mass is 240 g/mol. The summed E-state index contributed by atoms with van der Waals surface area (Å²) in [6.45, 7) is 7.84. The van der Waals surface area contributed by atoms with Crippen molar-refractivity contribution in [3.8, 4) is 6.07 Å². The quantitative estimate of drug-likeness (QED) is 0.668. The van der Waals surface area contributed by atoms with Crippen LogP contribution in [-0.4, -0.2) is 37.5 Å². The molecule has 1 saturated carbocycles. The molecule has 1 aliphatic carbocycles. The molecule has 98 valence electrons. The van der Waals surface area contributed by atoms with Gasteiger partial charge in [0, 0.05) is 25.7 Å². The van der Waals surface area contributed by atoms with Gasteiger partial charge < -0.3 is 9.47 Å². The Labute approximate surface area is 104 Å². The predicted molar refractivity (Wildman–Crippen MR) is 66.7 cm³/mol. The molecule has 0 heterocycles. The molecule has 0 aliphatic heterocycles. The Hall–Kier alpha value is -0.630. The van der Waals surface area contributed by atoms with Gasteiger partial charge in [0.2, 0.25) is 0 Å². The van der Waals surface area contributed by atoms with Gasteiger partial charge in [-0.3, -0.25) is 5.32 Å². The van der Waals surface area contributed by atoms with Crippen molar-refractivity contribution in [1.29, 1.82) is 5.26 Å². The summed E-state index contributed by atoms with van der Waals surface area (Å²) in [7, 11) is 0. The van der Waals surface area contributed by atoms with Gasteiger partial charge in [-0.2, -0.15) is 5.26 Å². The molecule has 0 saturated heterocycles. The molecule has 2 atom stereocenters. The minimum atomic E-state index is -0.452. The van der Waals surface area contributed by atoms with Gasteiger partial charge in [-0.15, -0.1) is 0 Å².